The van der Waals surface area contributed by atoms with Crippen LogP contribution in [0.5, 0.6) is 5.75 Å². The summed E-state index contributed by atoms with van der Waals surface area (Å²) in [6.45, 7) is 0.776. The van der Waals surface area contributed by atoms with Crippen molar-refractivity contribution in [3.8, 4) is 5.75 Å². The van der Waals surface area contributed by atoms with E-state index in [0.717, 1.165) is 18.9 Å². The lowest BCUT2D eigenvalue weighted by Crippen LogP contribution is -2.54. The number of benzene rings is 3. The number of rotatable bonds is 5. The van der Waals surface area contributed by atoms with Gasteiger partial charge in [0.1, 0.15) is 17.1 Å². The first kappa shape index (κ1) is 27.2. The molecule has 0 bridgehead atoms. The Kier molecular flexibility index (Phi) is 6.27. The minimum Gasteiger partial charge on any atom is -0.506 e. The molecular formula is C31H26Cl2FN3O5. The van der Waals surface area contributed by atoms with Crippen LogP contribution >= 0.6 is 23.2 Å². The minimum absolute atomic E-state index is 0.114. The van der Waals surface area contributed by atoms with Gasteiger partial charge in [0.05, 0.1) is 22.2 Å². The van der Waals surface area contributed by atoms with E-state index in [9.17, 15) is 24.6 Å². The smallest absolute Gasteiger partial charge is 0.335 e. The van der Waals surface area contributed by atoms with E-state index in [2.05, 4.69) is 10.2 Å². The van der Waals surface area contributed by atoms with Crippen LogP contribution in [0.1, 0.15) is 46.7 Å². The van der Waals surface area contributed by atoms with E-state index in [1.807, 2.05) is 0 Å². The number of aromatic hydroxyl groups is 1. The van der Waals surface area contributed by atoms with E-state index >= 15 is 4.39 Å². The van der Waals surface area contributed by atoms with Gasteiger partial charge in [0, 0.05) is 41.3 Å². The number of piperidine rings is 1. The fourth-order valence-corrected chi connectivity index (χ4v) is 7.71. The predicted molar refractivity (Wildman–Crippen MR) is 155 cm³/mol. The van der Waals surface area contributed by atoms with Crippen LogP contribution in [0.2, 0.25) is 10.0 Å². The number of phenols is 1. The van der Waals surface area contributed by atoms with E-state index in [4.69, 9.17) is 23.2 Å². The topological polar surface area (TPSA) is 110 Å². The zero-order chi connectivity index (χ0) is 29.5. The molecule has 2 saturated heterocycles. The molecule has 2 amide bonds. The first-order chi connectivity index (χ1) is 20.1. The number of aromatic carboxylic acids is 1. The zero-order valence-electron chi connectivity index (χ0n) is 22.2. The van der Waals surface area contributed by atoms with Gasteiger partial charge in [-0.2, -0.15) is 0 Å². The fourth-order valence-electron chi connectivity index (χ4n) is 7.36. The molecule has 1 spiro atoms. The maximum Gasteiger partial charge on any atom is 0.335 e. The molecule has 216 valence electrons. The van der Waals surface area contributed by atoms with Gasteiger partial charge in [0.2, 0.25) is 11.8 Å². The molecule has 3 aliphatic heterocycles. The van der Waals surface area contributed by atoms with Crippen molar-refractivity contribution in [2.24, 2.45) is 11.8 Å². The van der Waals surface area contributed by atoms with Crippen molar-refractivity contribution in [3.05, 3.63) is 87.2 Å². The average Bonchev–Trinajstić information content (AvgIpc) is 3.67. The van der Waals surface area contributed by atoms with Crippen molar-refractivity contribution in [2.75, 3.05) is 23.3 Å². The second-order valence-corrected chi connectivity index (χ2v) is 12.4. The van der Waals surface area contributed by atoms with Gasteiger partial charge >= 0.3 is 5.97 Å². The molecular weight excluding hydrogens is 584 g/mol. The van der Waals surface area contributed by atoms with Gasteiger partial charge in [0.15, 0.2) is 0 Å². The van der Waals surface area contributed by atoms with Gasteiger partial charge in [-0.3, -0.25) is 14.5 Å². The molecule has 3 aromatic carbocycles. The summed E-state index contributed by atoms with van der Waals surface area (Å²) in [7, 11) is 0. The van der Waals surface area contributed by atoms with Crippen LogP contribution in [0, 0.1) is 17.7 Å². The molecule has 7 rings (SSSR count). The lowest BCUT2D eigenvalue weighted by molar-refractivity contribution is -0.128. The van der Waals surface area contributed by atoms with Crippen molar-refractivity contribution < 1.29 is 29.0 Å². The molecule has 11 heteroatoms. The van der Waals surface area contributed by atoms with Crippen LogP contribution in [-0.4, -0.2) is 52.0 Å². The number of carboxylic acid groups (broad SMARTS) is 1. The quantitative estimate of drug-likeness (QED) is 0.346. The summed E-state index contributed by atoms with van der Waals surface area (Å²) in [4.78, 5) is 43.9. The number of hydrogen-bond acceptors (Lipinski definition) is 5. The summed E-state index contributed by atoms with van der Waals surface area (Å²) in [5, 5.41) is 23.4. The van der Waals surface area contributed by atoms with Crippen LogP contribution < -0.4 is 10.2 Å². The van der Waals surface area contributed by atoms with Crippen LogP contribution in [-0.2, 0) is 15.1 Å². The molecule has 3 heterocycles. The number of fused-ring (bicyclic) bond motifs is 3. The summed E-state index contributed by atoms with van der Waals surface area (Å²) in [6, 6.07) is 13.2. The summed E-state index contributed by atoms with van der Waals surface area (Å²) in [5.41, 5.74) is -0.0637. The number of anilines is 2. The average molecular weight is 610 g/mol. The number of amides is 2. The molecule has 3 N–H and O–H groups in total. The van der Waals surface area contributed by atoms with Gasteiger partial charge in [-0.15, -0.1) is 0 Å². The third kappa shape index (κ3) is 3.87. The maximum atomic E-state index is 16.0. The second-order valence-electron chi connectivity index (χ2n) is 11.5. The number of likely N-dealkylation sites (tertiary alicyclic amines) is 1. The highest BCUT2D eigenvalue weighted by Crippen LogP contribution is 2.62. The van der Waals surface area contributed by atoms with E-state index in [0.29, 0.717) is 35.2 Å². The highest BCUT2D eigenvalue weighted by Gasteiger charge is 2.70. The highest BCUT2D eigenvalue weighted by atomic mass is 35.5. The Balaban J connectivity index is 1.44. The van der Waals surface area contributed by atoms with E-state index < -0.39 is 35.2 Å². The number of nitrogens with one attached hydrogen (secondary N) is 1. The zero-order valence-corrected chi connectivity index (χ0v) is 23.7. The van der Waals surface area contributed by atoms with Gasteiger partial charge in [-0.05, 0) is 67.1 Å². The Morgan fingerprint density at radius 2 is 1.86 bits per heavy atom. The molecule has 42 heavy (non-hydrogen) atoms. The van der Waals surface area contributed by atoms with Gasteiger partial charge < -0.3 is 20.4 Å². The summed E-state index contributed by atoms with van der Waals surface area (Å²) in [6.07, 6.45) is 2.44. The largest absolute Gasteiger partial charge is 0.506 e. The highest BCUT2D eigenvalue weighted by molar-refractivity contribution is 6.31. The van der Waals surface area contributed by atoms with Crippen molar-refractivity contribution in [2.45, 2.75) is 36.8 Å². The van der Waals surface area contributed by atoms with Gasteiger partial charge in [-0.25, -0.2) is 9.18 Å². The van der Waals surface area contributed by atoms with E-state index in [-0.39, 0.29) is 45.9 Å². The first-order valence-electron chi connectivity index (χ1n) is 13.8. The number of carbonyl (C=O) groups excluding carboxylic acids is 2. The Morgan fingerprint density at radius 3 is 2.57 bits per heavy atom. The van der Waals surface area contributed by atoms with E-state index in [1.165, 1.54) is 23.1 Å². The van der Waals surface area contributed by atoms with Gasteiger partial charge in [0.25, 0.3) is 0 Å². The molecule has 4 aliphatic rings. The van der Waals surface area contributed by atoms with Crippen molar-refractivity contribution >= 4 is 52.4 Å². The number of hydrogen-bond donors (Lipinski definition) is 3. The lowest BCUT2D eigenvalue weighted by Gasteiger charge is -2.40. The standard InChI is InChI=1S/C31H26Cl2FN3O5/c32-17-7-8-19-21(13-17)35-30(42)31(19)26(18-2-1-3-20(33)27(18)34)25-23(37(31)14-15-4-5-15)10-11-36(28(25)39)22-9-6-16(29(40)41)12-24(22)38/h1-3,6-9,12-13,15,23,25-26,38H,4-5,10-11,14H2,(H,35,42)(H,40,41)/t23-,25+,26-,31+/m0/s1. The Bertz CT molecular complexity index is 1680. The number of carboxylic acids is 1. The third-order valence-corrected chi connectivity index (χ3v) is 9.77. The molecule has 4 atom stereocenters. The van der Waals surface area contributed by atoms with Crippen molar-refractivity contribution in [1.82, 2.24) is 4.90 Å². The number of nitrogens with zero attached hydrogens (tertiary/aromatic N) is 2. The first-order valence-corrected chi connectivity index (χ1v) is 14.6. The number of carbonyl (C=O) groups is 3. The summed E-state index contributed by atoms with van der Waals surface area (Å²) in [5.74, 6) is -4.49. The molecule has 8 nitrogen and oxygen atoms in total. The summed E-state index contributed by atoms with van der Waals surface area (Å²) < 4.78 is 16.0. The molecule has 1 aliphatic carbocycles. The fraction of sp³-hybridized carbons (Fsp3) is 0.323. The van der Waals surface area contributed by atoms with Crippen molar-refractivity contribution in [3.63, 3.8) is 0 Å². The number of phenolic OH excluding ortho intramolecular Hbond substituents is 1. The maximum absolute atomic E-state index is 16.0. The molecule has 0 radical (unpaired) electrons. The van der Waals surface area contributed by atoms with E-state index in [1.54, 1.807) is 30.3 Å². The Hall–Kier alpha value is -3.66. The Labute approximate surface area is 250 Å². The van der Waals surface area contributed by atoms with Gasteiger partial charge in [-0.1, -0.05) is 41.4 Å². The third-order valence-electron chi connectivity index (χ3n) is 9.24. The van der Waals surface area contributed by atoms with Crippen LogP contribution in [0.25, 0.3) is 0 Å². The second kappa shape index (κ2) is 9.69. The molecule has 3 fully saturated rings. The SMILES string of the molecule is O=C(O)c1ccc(N2CC[C@H]3[C@@H](C2=O)[C@H](c2cccc(Cl)c2F)[C@]2(C(=O)Nc4cc(Cl)ccc42)N3CC2CC2)c(O)c1. The predicted octanol–water partition coefficient (Wildman–Crippen LogP) is 5.61. The van der Waals surface area contributed by atoms with Crippen LogP contribution in [0.4, 0.5) is 15.8 Å². The number of halogens is 3. The molecule has 0 unspecified atom stereocenters. The van der Waals surface area contributed by atoms with Crippen LogP contribution in [0.3, 0.4) is 0 Å². The molecule has 0 aromatic heterocycles. The monoisotopic (exact) mass is 609 g/mol. The van der Waals surface area contributed by atoms with Crippen LogP contribution in [0.15, 0.2) is 54.6 Å². The minimum atomic E-state index is -1.41. The summed E-state index contributed by atoms with van der Waals surface area (Å²) >= 11 is 12.6. The lowest BCUT2D eigenvalue weighted by atomic mass is 9.70. The molecule has 3 aromatic rings. The van der Waals surface area contributed by atoms with Crippen molar-refractivity contribution in [1.29, 1.82) is 0 Å². The molecule has 1 saturated carbocycles. The normalized spacial score (nSPS) is 26.8. The Morgan fingerprint density at radius 1 is 1.07 bits per heavy atom.